The van der Waals surface area contributed by atoms with Gasteiger partial charge in [0.05, 0.1) is 48.1 Å². The molecule has 2 bridgehead atoms. The highest BCUT2D eigenvalue weighted by Gasteiger charge is 2.65. The van der Waals surface area contributed by atoms with Gasteiger partial charge in [0, 0.05) is 11.8 Å². The summed E-state index contributed by atoms with van der Waals surface area (Å²) in [5.41, 5.74) is 0.841. The van der Waals surface area contributed by atoms with Crippen LogP contribution < -0.4 is 0 Å². The van der Waals surface area contributed by atoms with Crippen LogP contribution in [-0.4, -0.2) is 48.3 Å². The number of allylic oxidation sites excluding steroid dienone is 2. The average molecular weight is 495 g/mol. The maximum absolute atomic E-state index is 13.5. The van der Waals surface area contributed by atoms with E-state index in [2.05, 4.69) is 0 Å². The van der Waals surface area contributed by atoms with Gasteiger partial charge in [-0.1, -0.05) is 25.5 Å². The fourth-order valence-electron chi connectivity index (χ4n) is 5.34. The molecule has 0 heterocycles. The lowest BCUT2D eigenvalue weighted by Crippen LogP contribution is -2.60. The van der Waals surface area contributed by atoms with Gasteiger partial charge in [0.15, 0.2) is 0 Å². The minimum atomic E-state index is -0.983. The molecular weight excluding hydrogens is 452 g/mol. The van der Waals surface area contributed by atoms with E-state index >= 15 is 0 Å². The summed E-state index contributed by atoms with van der Waals surface area (Å²) in [5, 5.41) is 0. The fourth-order valence-corrected chi connectivity index (χ4v) is 5.34. The van der Waals surface area contributed by atoms with Crippen LogP contribution in [0.3, 0.4) is 0 Å². The van der Waals surface area contributed by atoms with Crippen LogP contribution in [0.5, 0.6) is 0 Å². The summed E-state index contributed by atoms with van der Waals surface area (Å²) in [6.45, 7) is 17.7. The Morgan fingerprint density at radius 2 is 0.829 bits per heavy atom. The van der Waals surface area contributed by atoms with Gasteiger partial charge < -0.3 is 18.9 Å². The predicted octanol–water partition coefficient (Wildman–Crippen LogP) is 4.10. The van der Waals surface area contributed by atoms with Gasteiger partial charge in [-0.15, -0.1) is 0 Å². The number of fused-ring (bicyclic) bond motifs is 2. The maximum atomic E-state index is 13.5. The second-order valence-electron chi connectivity index (χ2n) is 11.0. The molecule has 1 saturated carbocycles. The number of carbonyl (C=O) groups is 4. The molecule has 3 aliphatic rings. The van der Waals surface area contributed by atoms with Crippen molar-refractivity contribution in [1.29, 1.82) is 0 Å². The quantitative estimate of drug-likeness (QED) is 0.268. The van der Waals surface area contributed by atoms with Crippen molar-refractivity contribution in [1.82, 2.24) is 0 Å². The molecule has 8 nitrogen and oxygen atoms in total. The van der Waals surface area contributed by atoms with E-state index in [4.69, 9.17) is 18.9 Å². The zero-order valence-corrected chi connectivity index (χ0v) is 22.7. The van der Waals surface area contributed by atoms with E-state index in [0.29, 0.717) is 0 Å². The van der Waals surface area contributed by atoms with Gasteiger partial charge >= 0.3 is 23.9 Å². The lowest BCUT2D eigenvalue weighted by Gasteiger charge is -2.53. The van der Waals surface area contributed by atoms with Crippen LogP contribution in [0.25, 0.3) is 0 Å². The van der Waals surface area contributed by atoms with Crippen LogP contribution in [0.15, 0.2) is 11.6 Å². The SMILES string of the molecule is CC(C)OC(=O)C1C2C=C(C(C)C)C(C1C(=O)OC(C)C)C(C(=O)OC(C)C)C2C(=O)OC(C)C. The third-order valence-corrected chi connectivity index (χ3v) is 6.31. The maximum Gasteiger partial charge on any atom is 0.310 e. The van der Waals surface area contributed by atoms with E-state index in [-0.39, 0.29) is 5.92 Å². The fraction of sp³-hybridized carbons (Fsp3) is 0.778. The topological polar surface area (TPSA) is 105 Å². The molecule has 0 aromatic rings. The molecule has 198 valence electrons. The first-order valence-electron chi connectivity index (χ1n) is 12.7. The molecule has 35 heavy (non-hydrogen) atoms. The zero-order valence-electron chi connectivity index (χ0n) is 22.7. The van der Waals surface area contributed by atoms with E-state index in [1.165, 1.54) is 0 Å². The van der Waals surface area contributed by atoms with Crippen LogP contribution in [0.1, 0.15) is 69.2 Å². The Bertz CT molecular complexity index is 782. The first-order chi connectivity index (χ1) is 16.2. The van der Waals surface area contributed by atoms with E-state index in [1.807, 2.05) is 19.9 Å². The van der Waals surface area contributed by atoms with Gasteiger partial charge in [-0.2, -0.15) is 0 Å². The Labute approximate surface area is 209 Å². The summed E-state index contributed by atoms with van der Waals surface area (Å²) in [7, 11) is 0. The van der Waals surface area contributed by atoms with Crippen LogP contribution in [0, 0.1) is 41.4 Å². The van der Waals surface area contributed by atoms with Crippen LogP contribution in [0.4, 0.5) is 0 Å². The molecule has 0 radical (unpaired) electrons. The van der Waals surface area contributed by atoms with Gasteiger partial charge in [-0.3, -0.25) is 19.2 Å². The number of hydrogen-bond acceptors (Lipinski definition) is 8. The Hall–Kier alpha value is -2.38. The highest BCUT2D eigenvalue weighted by Crippen LogP contribution is 2.57. The van der Waals surface area contributed by atoms with E-state index in [0.717, 1.165) is 5.57 Å². The minimum Gasteiger partial charge on any atom is -0.463 e. The van der Waals surface area contributed by atoms with Crippen molar-refractivity contribution in [3.63, 3.8) is 0 Å². The van der Waals surface area contributed by atoms with Gasteiger partial charge in [0.1, 0.15) is 0 Å². The van der Waals surface area contributed by atoms with Gasteiger partial charge in [-0.25, -0.2) is 0 Å². The number of rotatable bonds is 9. The van der Waals surface area contributed by atoms with Gasteiger partial charge in [-0.05, 0) is 61.3 Å². The Morgan fingerprint density at radius 3 is 1.09 bits per heavy atom. The molecule has 1 fully saturated rings. The molecule has 3 rings (SSSR count). The lowest BCUT2D eigenvalue weighted by atomic mass is 9.49. The second-order valence-corrected chi connectivity index (χ2v) is 11.0. The summed E-state index contributed by atoms with van der Waals surface area (Å²) in [6.07, 6.45) is 0.214. The molecule has 0 aliphatic heterocycles. The molecule has 0 N–H and O–H groups in total. The van der Waals surface area contributed by atoms with Crippen molar-refractivity contribution >= 4 is 23.9 Å². The Morgan fingerprint density at radius 1 is 0.543 bits per heavy atom. The van der Waals surface area contributed by atoms with Crippen molar-refractivity contribution < 1.29 is 38.1 Å². The van der Waals surface area contributed by atoms with E-state index in [1.54, 1.807) is 55.4 Å². The minimum absolute atomic E-state index is 0.0321. The van der Waals surface area contributed by atoms with Crippen molar-refractivity contribution in [3.05, 3.63) is 11.6 Å². The molecule has 0 amide bonds. The predicted molar refractivity (Wildman–Crippen MR) is 129 cm³/mol. The monoisotopic (exact) mass is 494 g/mol. The molecule has 0 spiro atoms. The van der Waals surface area contributed by atoms with Crippen molar-refractivity contribution in [3.8, 4) is 0 Å². The Balaban J connectivity index is 2.76. The zero-order chi connectivity index (χ0) is 26.8. The second kappa shape index (κ2) is 11.6. The van der Waals surface area contributed by atoms with Crippen molar-refractivity contribution in [2.45, 2.75) is 93.7 Å². The van der Waals surface area contributed by atoms with Crippen LogP contribution >= 0.6 is 0 Å². The number of ether oxygens (including phenoxy) is 4. The molecule has 0 saturated heterocycles. The standard InChI is InChI=1S/C27H42O8/c1-12(2)17-11-18-20(24(28)32-13(3)4)22(26(30)34-15(7)8)19(17)23(27(31)35-16(9)10)21(18)25(29)33-14(5)6/h11-16,18-23H,1-10H3. The van der Waals surface area contributed by atoms with E-state index in [9.17, 15) is 19.2 Å². The van der Waals surface area contributed by atoms with Gasteiger partial charge in [0.2, 0.25) is 0 Å². The summed E-state index contributed by atoms with van der Waals surface area (Å²) < 4.78 is 22.3. The largest absolute Gasteiger partial charge is 0.463 e. The normalized spacial score (nSPS) is 27.9. The summed E-state index contributed by atoms with van der Waals surface area (Å²) in [4.78, 5) is 53.8. The lowest BCUT2D eigenvalue weighted by molar-refractivity contribution is -0.191. The smallest absolute Gasteiger partial charge is 0.310 e. The third-order valence-electron chi connectivity index (χ3n) is 6.31. The molecule has 4 atom stereocenters. The summed E-state index contributed by atoms with van der Waals surface area (Å²) in [6, 6.07) is 0. The van der Waals surface area contributed by atoms with Crippen LogP contribution in [-0.2, 0) is 38.1 Å². The summed E-state index contributed by atoms with van der Waals surface area (Å²) >= 11 is 0. The highest BCUT2D eigenvalue weighted by atomic mass is 16.6. The molecular formula is C27H42O8. The Kier molecular flexibility index (Phi) is 9.54. The van der Waals surface area contributed by atoms with Crippen molar-refractivity contribution in [2.75, 3.05) is 0 Å². The molecule has 3 aliphatic carbocycles. The van der Waals surface area contributed by atoms with Crippen molar-refractivity contribution in [2.24, 2.45) is 41.4 Å². The van der Waals surface area contributed by atoms with Gasteiger partial charge in [0.25, 0.3) is 0 Å². The first-order valence-corrected chi connectivity index (χ1v) is 12.7. The molecule has 0 aromatic heterocycles. The average Bonchev–Trinajstić information content (AvgIpc) is 2.69. The van der Waals surface area contributed by atoms with Crippen LogP contribution in [0.2, 0.25) is 0 Å². The number of hydrogen-bond donors (Lipinski definition) is 0. The number of carbonyl (C=O) groups excluding carboxylic acids is 4. The molecule has 8 heteroatoms. The third kappa shape index (κ3) is 6.44. The molecule has 4 unspecified atom stereocenters. The molecule has 0 aromatic carbocycles. The first kappa shape index (κ1) is 28.9. The van der Waals surface area contributed by atoms with E-state index < -0.39 is 83.8 Å². The highest BCUT2D eigenvalue weighted by molar-refractivity contribution is 5.91. The summed E-state index contributed by atoms with van der Waals surface area (Å²) in [5.74, 6) is -7.82. The number of esters is 4.